The summed E-state index contributed by atoms with van der Waals surface area (Å²) in [7, 11) is 1.38. The summed E-state index contributed by atoms with van der Waals surface area (Å²) in [5, 5.41) is 5.24. The van der Waals surface area contributed by atoms with Crippen molar-refractivity contribution in [1.29, 1.82) is 0 Å². The summed E-state index contributed by atoms with van der Waals surface area (Å²) in [6, 6.07) is 12.1. The van der Waals surface area contributed by atoms with E-state index in [4.69, 9.17) is 16.3 Å². The molecule has 1 saturated heterocycles. The second kappa shape index (κ2) is 7.95. The number of ether oxygens (including phenoxy) is 1. The Hall–Kier alpha value is -2.73. The van der Waals surface area contributed by atoms with Gasteiger partial charge in [0.15, 0.2) is 11.6 Å². The molecule has 3 aromatic rings. The molecule has 29 heavy (non-hydrogen) atoms. The normalized spacial score (nSPS) is 19.4. The number of aromatic nitrogens is 1. The van der Waals surface area contributed by atoms with Crippen LogP contribution in [0.1, 0.15) is 30.1 Å². The van der Waals surface area contributed by atoms with Crippen LogP contribution in [0.4, 0.5) is 10.2 Å². The van der Waals surface area contributed by atoms with Gasteiger partial charge in [-0.05, 0) is 56.2 Å². The van der Waals surface area contributed by atoms with E-state index < -0.39 is 5.82 Å². The number of H-pyrrole nitrogens is 1. The zero-order valence-electron chi connectivity index (χ0n) is 16.3. The van der Waals surface area contributed by atoms with Gasteiger partial charge in [-0.15, -0.1) is 0 Å². The standard InChI is InChI=1S/C22H23ClFN3O2/c1-13-18(25-20-12-14-11-15(23)8-9-19(14)26-20)7-4-10-27(13)22(28)16-5-3-6-17(24)21(16)29-2/h3,5-6,8-9,11-13,18,25-26H,4,7,10H2,1-2H3/t13-,18+/m0/s1. The Kier molecular flexibility index (Phi) is 5.37. The first-order valence-corrected chi connectivity index (χ1v) is 10.0. The number of piperidine rings is 1. The third-order valence-corrected chi connectivity index (χ3v) is 5.81. The van der Waals surface area contributed by atoms with Crippen LogP contribution in [0.3, 0.4) is 0 Å². The van der Waals surface area contributed by atoms with Gasteiger partial charge in [0.05, 0.1) is 12.7 Å². The molecule has 1 aromatic heterocycles. The average molecular weight is 416 g/mol. The molecule has 5 nitrogen and oxygen atoms in total. The minimum absolute atomic E-state index is 0.00715. The molecule has 7 heteroatoms. The van der Waals surface area contributed by atoms with E-state index in [1.54, 1.807) is 11.0 Å². The lowest BCUT2D eigenvalue weighted by Crippen LogP contribution is -2.52. The van der Waals surface area contributed by atoms with Gasteiger partial charge in [-0.1, -0.05) is 17.7 Å². The van der Waals surface area contributed by atoms with Crippen molar-refractivity contribution in [2.75, 3.05) is 19.0 Å². The number of nitrogens with zero attached hydrogens (tertiary/aromatic N) is 1. The Morgan fingerprint density at radius 1 is 1.31 bits per heavy atom. The molecule has 1 aliphatic heterocycles. The van der Waals surface area contributed by atoms with Crippen molar-refractivity contribution in [3.05, 3.63) is 58.9 Å². The second-order valence-corrected chi connectivity index (χ2v) is 7.80. The van der Waals surface area contributed by atoms with E-state index in [2.05, 4.69) is 10.3 Å². The third kappa shape index (κ3) is 3.77. The lowest BCUT2D eigenvalue weighted by Gasteiger charge is -2.40. The van der Waals surface area contributed by atoms with E-state index in [9.17, 15) is 9.18 Å². The summed E-state index contributed by atoms with van der Waals surface area (Å²) in [5.41, 5.74) is 1.25. The summed E-state index contributed by atoms with van der Waals surface area (Å²) in [6.07, 6.45) is 1.79. The molecule has 1 aliphatic rings. The molecule has 1 amide bonds. The van der Waals surface area contributed by atoms with Gasteiger partial charge in [-0.25, -0.2) is 4.39 Å². The molecule has 0 spiro atoms. The van der Waals surface area contributed by atoms with Crippen LogP contribution in [0.2, 0.25) is 5.02 Å². The smallest absolute Gasteiger partial charge is 0.258 e. The second-order valence-electron chi connectivity index (χ2n) is 7.37. The van der Waals surface area contributed by atoms with Gasteiger partial charge in [0.1, 0.15) is 5.82 Å². The summed E-state index contributed by atoms with van der Waals surface area (Å²) in [4.78, 5) is 18.3. The molecule has 0 saturated carbocycles. The molecule has 0 bridgehead atoms. The molecule has 2 aromatic carbocycles. The van der Waals surface area contributed by atoms with Gasteiger partial charge >= 0.3 is 0 Å². The van der Waals surface area contributed by atoms with E-state index >= 15 is 0 Å². The highest BCUT2D eigenvalue weighted by Crippen LogP contribution is 2.29. The average Bonchev–Trinajstić information content (AvgIpc) is 3.10. The maximum atomic E-state index is 14.0. The lowest BCUT2D eigenvalue weighted by atomic mass is 9.96. The first-order valence-electron chi connectivity index (χ1n) is 9.66. The molecular weight excluding hydrogens is 393 g/mol. The fourth-order valence-corrected chi connectivity index (χ4v) is 4.22. The van der Waals surface area contributed by atoms with Crippen LogP contribution < -0.4 is 10.1 Å². The Bertz CT molecular complexity index is 1050. The number of rotatable bonds is 4. The number of carbonyl (C=O) groups is 1. The number of benzene rings is 2. The number of carbonyl (C=O) groups excluding carboxylic acids is 1. The van der Waals surface area contributed by atoms with Crippen LogP contribution in [-0.2, 0) is 0 Å². The Morgan fingerprint density at radius 3 is 2.93 bits per heavy atom. The minimum atomic E-state index is -0.533. The highest BCUT2D eigenvalue weighted by atomic mass is 35.5. The molecule has 2 atom stereocenters. The molecule has 0 unspecified atom stereocenters. The number of aromatic amines is 1. The molecule has 152 valence electrons. The SMILES string of the molecule is COc1c(F)cccc1C(=O)N1CCC[C@@H](Nc2cc3cc(Cl)ccc3[nH]2)[C@@H]1C. The maximum Gasteiger partial charge on any atom is 0.258 e. The van der Waals surface area contributed by atoms with Crippen LogP contribution in [0.25, 0.3) is 10.9 Å². The van der Waals surface area contributed by atoms with Crippen molar-refractivity contribution in [3.63, 3.8) is 0 Å². The highest BCUT2D eigenvalue weighted by Gasteiger charge is 2.33. The van der Waals surface area contributed by atoms with Crippen LogP contribution >= 0.6 is 11.6 Å². The number of anilines is 1. The molecule has 0 aliphatic carbocycles. The summed E-state index contributed by atoms with van der Waals surface area (Å²) >= 11 is 6.08. The van der Waals surface area contributed by atoms with Crippen molar-refractivity contribution >= 4 is 34.2 Å². The third-order valence-electron chi connectivity index (χ3n) is 5.57. The zero-order valence-corrected chi connectivity index (χ0v) is 17.1. The number of hydrogen-bond acceptors (Lipinski definition) is 3. The first-order chi connectivity index (χ1) is 14.0. The topological polar surface area (TPSA) is 57.4 Å². The predicted octanol–water partition coefficient (Wildman–Crippen LogP) is 5.07. The van der Waals surface area contributed by atoms with E-state index in [1.807, 2.05) is 31.2 Å². The Balaban J connectivity index is 1.55. The molecule has 4 rings (SSSR count). The quantitative estimate of drug-likeness (QED) is 0.625. The fourth-order valence-electron chi connectivity index (χ4n) is 4.04. The van der Waals surface area contributed by atoms with Gasteiger partial charge in [0.2, 0.25) is 0 Å². The van der Waals surface area contributed by atoms with Crippen molar-refractivity contribution < 1.29 is 13.9 Å². The van der Waals surface area contributed by atoms with Crippen molar-refractivity contribution in [1.82, 2.24) is 9.88 Å². The molecule has 1 fully saturated rings. The van der Waals surface area contributed by atoms with Crippen LogP contribution in [0.5, 0.6) is 5.75 Å². The predicted molar refractivity (Wildman–Crippen MR) is 113 cm³/mol. The number of halogens is 2. The monoisotopic (exact) mass is 415 g/mol. The van der Waals surface area contributed by atoms with Gasteiger partial charge in [-0.3, -0.25) is 4.79 Å². The lowest BCUT2D eigenvalue weighted by molar-refractivity contribution is 0.0612. The van der Waals surface area contributed by atoms with E-state index in [1.165, 1.54) is 19.2 Å². The van der Waals surface area contributed by atoms with Gasteiger partial charge in [0.25, 0.3) is 5.91 Å². The number of nitrogens with one attached hydrogen (secondary N) is 2. The van der Waals surface area contributed by atoms with Crippen molar-refractivity contribution in [3.8, 4) is 5.75 Å². The number of methoxy groups -OCH3 is 1. The summed E-state index contributed by atoms with van der Waals surface area (Å²) in [5.74, 6) is 0.127. The molecule has 2 heterocycles. The first kappa shape index (κ1) is 19.6. The van der Waals surface area contributed by atoms with E-state index in [0.717, 1.165) is 29.6 Å². The van der Waals surface area contributed by atoms with Gasteiger partial charge < -0.3 is 19.9 Å². The molecule has 0 radical (unpaired) electrons. The number of hydrogen-bond donors (Lipinski definition) is 2. The largest absolute Gasteiger partial charge is 0.493 e. The van der Waals surface area contributed by atoms with E-state index in [0.29, 0.717) is 11.6 Å². The van der Waals surface area contributed by atoms with Gasteiger partial charge in [-0.2, -0.15) is 0 Å². The fraction of sp³-hybridized carbons (Fsp3) is 0.318. The Morgan fingerprint density at radius 2 is 2.14 bits per heavy atom. The number of fused-ring (bicyclic) bond motifs is 1. The van der Waals surface area contributed by atoms with Crippen LogP contribution in [0.15, 0.2) is 42.5 Å². The number of likely N-dealkylation sites (tertiary alicyclic amines) is 1. The van der Waals surface area contributed by atoms with E-state index in [-0.39, 0.29) is 29.3 Å². The number of amides is 1. The molecule has 2 N–H and O–H groups in total. The number of para-hydroxylation sites is 1. The van der Waals surface area contributed by atoms with Crippen molar-refractivity contribution in [2.45, 2.75) is 31.8 Å². The summed E-state index contributed by atoms with van der Waals surface area (Å²) in [6.45, 7) is 2.64. The molecular formula is C22H23ClFN3O2. The summed E-state index contributed by atoms with van der Waals surface area (Å²) < 4.78 is 19.2. The Labute approximate surface area is 173 Å². The van der Waals surface area contributed by atoms with Crippen molar-refractivity contribution in [2.24, 2.45) is 0 Å². The highest BCUT2D eigenvalue weighted by molar-refractivity contribution is 6.31. The van der Waals surface area contributed by atoms with Gasteiger partial charge in [0, 0.05) is 34.6 Å². The minimum Gasteiger partial charge on any atom is -0.493 e. The van der Waals surface area contributed by atoms with Crippen LogP contribution in [-0.4, -0.2) is 41.5 Å². The maximum absolute atomic E-state index is 14.0. The zero-order chi connectivity index (χ0) is 20.5. The van der Waals surface area contributed by atoms with Crippen LogP contribution in [0, 0.1) is 5.82 Å².